The Morgan fingerprint density at radius 3 is 2.89 bits per heavy atom. The summed E-state index contributed by atoms with van der Waals surface area (Å²) in [6.45, 7) is 0. The molecule has 2 aromatic rings. The summed E-state index contributed by atoms with van der Waals surface area (Å²) in [6, 6.07) is 5.90. The summed E-state index contributed by atoms with van der Waals surface area (Å²) in [5.41, 5.74) is 8.49. The average molecular weight is 246 g/mol. The molecule has 0 amide bonds. The number of nitrogens with zero attached hydrogens (tertiary/aromatic N) is 1. The van der Waals surface area contributed by atoms with Gasteiger partial charge in [-0.1, -0.05) is 0 Å². The number of esters is 1. The second-order valence-electron chi connectivity index (χ2n) is 4.69. The Hall–Kier alpha value is -2.04. The van der Waals surface area contributed by atoms with Crippen molar-refractivity contribution in [3.05, 3.63) is 23.8 Å². The maximum Gasteiger partial charge on any atom is 0.353 e. The van der Waals surface area contributed by atoms with Gasteiger partial charge in [0.05, 0.1) is 18.7 Å². The van der Waals surface area contributed by atoms with Crippen LogP contribution < -0.4 is 10.3 Å². The first-order valence-electron chi connectivity index (χ1n) is 6.12. The van der Waals surface area contributed by atoms with E-state index < -0.39 is 0 Å². The first-order chi connectivity index (χ1) is 8.70. The number of rotatable bonds is 2. The molecule has 0 spiro atoms. The van der Waals surface area contributed by atoms with Crippen LogP contribution in [0.2, 0.25) is 0 Å². The standard InChI is InChI=1S/C13H15N3O2/c1-18-12(17)8-5-6-10-11(7-8)16(13(14)15-10)9-3-2-4-9/h5-7,9H,2-4H2,1H3,(H2,14,15,17)/p+1. The van der Waals surface area contributed by atoms with Gasteiger partial charge in [-0.05, 0) is 37.5 Å². The lowest BCUT2D eigenvalue weighted by atomic mass is 9.92. The fourth-order valence-electron chi connectivity index (χ4n) is 2.45. The molecule has 5 heteroatoms. The summed E-state index contributed by atoms with van der Waals surface area (Å²) in [4.78, 5) is 14.7. The number of anilines is 1. The number of ether oxygens (including phenoxy) is 1. The Morgan fingerprint density at radius 1 is 1.50 bits per heavy atom. The molecule has 0 atom stereocenters. The number of fused-ring (bicyclic) bond motifs is 1. The van der Waals surface area contributed by atoms with Gasteiger partial charge >= 0.3 is 11.9 Å². The zero-order valence-corrected chi connectivity index (χ0v) is 10.3. The first-order valence-corrected chi connectivity index (χ1v) is 6.12. The van der Waals surface area contributed by atoms with Crippen molar-refractivity contribution >= 4 is 23.0 Å². The van der Waals surface area contributed by atoms with Gasteiger partial charge in [-0.2, -0.15) is 0 Å². The second kappa shape index (κ2) is 4.01. The number of nitrogen functional groups attached to an aromatic ring is 1. The molecule has 0 saturated heterocycles. The van der Waals surface area contributed by atoms with Crippen molar-refractivity contribution in [2.75, 3.05) is 12.8 Å². The van der Waals surface area contributed by atoms with Crippen LogP contribution in [0.1, 0.15) is 35.7 Å². The fourth-order valence-corrected chi connectivity index (χ4v) is 2.45. The van der Waals surface area contributed by atoms with E-state index in [1.807, 2.05) is 12.1 Å². The highest BCUT2D eigenvalue weighted by Gasteiger charge is 2.28. The zero-order chi connectivity index (χ0) is 12.7. The van der Waals surface area contributed by atoms with Crippen LogP contribution in [0, 0.1) is 0 Å². The molecule has 1 aromatic carbocycles. The molecule has 1 aromatic heterocycles. The van der Waals surface area contributed by atoms with Crippen LogP contribution in [-0.4, -0.2) is 18.1 Å². The Kier molecular flexibility index (Phi) is 2.47. The molecule has 1 aliphatic rings. The van der Waals surface area contributed by atoms with E-state index in [0.29, 0.717) is 17.6 Å². The molecule has 1 heterocycles. The molecule has 3 rings (SSSR count). The van der Waals surface area contributed by atoms with Gasteiger partial charge in [-0.3, -0.25) is 5.73 Å². The van der Waals surface area contributed by atoms with Gasteiger partial charge in [0.15, 0.2) is 0 Å². The molecule has 3 N–H and O–H groups in total. The van der Waals surface area contributed by atoms with Crippen LogP contribution in [0.4, 0.5) is 5.95 Å². The number of H-pyrrole nitrogens is 1. The van der Waals surface area contributed by atoms with E-state index in [9.17, 15) is 4.79 Å². The minimum Gasteiger partial charge on any atom is -0.465 e. The van der Waals surface area contributed by atoms with Crippen LogP contribution in [0.5, 0.6) is 0 Å². The number of imidazole rings is 1. The molecule has 1 fully saturated rings. The van der Waals surface area contributed by atoms with Gasteiger partial charge in [0.1, 0.15) is 11.0 Å². The predicted octanol–water partition coefficient (Wildman–Crippen LogP) is 1.55. The fraction of sp³-hybridized carbons (Fsp3) is 0.385. The molecule has 1 aliphatic carbocycles. The lowest BCUT2D eigenvalue weighted by Gasteiger charge is -2.24. The first kappa shape index (κ1) is 11.1. The van der Waals surface area contributed by atoms with E-state index >= 15 is 0 Å². The van der Waals surface area contributed by atoms with Crippen LogP contribution in [0.15, 0.2) is 18.2 Å². The molecule has 0 bridgehead atoms. The monoisotopic (exact) mass is 246 g/mol. The van der Waals surface area contributed by atoms with Crippen LogP contribution in [0.25, 0.3) is 11.0 Å². The number of aromatic amines is 1. The maximum absolute atomic E-state index is 11.6. The van der Waals surface area contributed by atoms with Crippen molar-refractivity contribution in [2.45, 2.75) is 25.3 Å². The lowest BCUT2D eigenvalue weighted by molar-refractivity contribution is -0.695. The number of hydrogen-bond donors (Lipinski definition) is 2. The highest BCUT2D eigenvalue weighted by Crippen LogP contribution is 2.29. The van der Waals surface area contributed by atoms with Crippen molar-refractivity contribution in [1.82, 2.24) is 4.98 Å². The summed E-state index contributed by atoms with van der Waals surface area (Å²) in [7, 11) is 1.39. The van der Waals surface area contributed by atoms with E-state index in [4.69, 9.17) is 10.5 Å². The van der Waals surface area contributed by atoms with E-state index in [0.717, 1.165) is 23.9 Å². The van der Waals surface area contributed by atoms with E-state index in [2.05, 4.69) is 9.55 Å². The average Bonchev–Trinajstić information content (AvgIpc) is 2.63. The normalized spacial score (nSPS) is 15.6. The number of carbonyl (C=O) groups is 1. The second-order valence-corrected chi connectivity index (χ2v) is 4.69. The molecule has 5 nitrogen and oxygen atoms in total. The third-order valence-corrected chi connectivity index (χ3v) is 3.64. The number of aromatic nitrogens is 2. The van der Waals surface area contributed by atoms with Gasteiger partial charge in [-0.15, -0.1) is 0 Å². The van der Waals surface area contributed by atoms with Crippen LogP contribution in [-0.2, 0) is 4.74 Å². The largest absolute Gasteiger partial charge is 0.465 e. The summed E-state index contributed by atoms with van der Waals surface area (Å²) < 4.78 is 6.83. The number of nitrogens with one attached hydrogen (secondary N) is 1. The van der Waals surface area contributed by atoms with Crippen molar-refractivity contribution in [1.29, 1.82) is 0 Å². The van der Waals surface area contributed by atoms with Crippen LogP contribution in [0.3, 0.4) is 0 Å². The molecule has 0 aliphatic heterocycles. The van der Waals surface area contributed by atoms with Crippen molar-refractivity contribution < 1.29 is 14.1 Å². The minimum absolute atomic E-state index is 0.322. The summed E-state index contributed by atoms with van der Waals surface area (Å²) in [5, 5.41) is 0. The Balaban J connectivity index is 2.15. The summed E-state index contributed by atoms with van der Waals surface area (Å²) in [5.74, 6) is 0.327. The Bertz CT molecular complexity index is 614. The summed E-state index contributed by atoms with van der Waals surface area (Å²) in [6.07, 6.45) is 3.52. The molecular formula is C13H16N3O2+. The number of methoxy groups -OCH3 is 1. The quantitative estimate of drug-likeness (QED) is 0.623. The molecular weight excluding hydrogens is 230 g/mol. The highest BCUT2D eigenvalue weighted by atomic mass is 16.5. The topological polar surface area (TPSA) is 72.0 Å². The SMILES string of the molecule is COC(=O)c1ccc2[nH]c(N)[n+](C3CCC3)c2c1. The van der Waals surface area contributed by atoms with Crippen LogP contribution >= 0.6 is 0 Å². The molecule has 0 radical (unpaired) electrons. The third-order valence-electron chi connectivity index (χ3n) is 3.64. The Morgan fingerprint density at radius 2 is 2.28 bits per heavy atom. The third kappa shape index (κ3) is 1.54. The van der Waals surface area contributed by atoms with E-state index in [-0.39, 0.29) is 5.97 Å². The predicted molar refractivity (Wildman–Crippen MR) is 67.1 cm³/mol. The number of benzene rings is 1. The van der Waals surface area contributed by atoms with Gasteiger partial charge in [-0.25, -0.2) is 14.3 Å². The van der Waals surface area contributed by atoms with Gasteiger partial charge in [0.25, 0.3) is 0 Å². The molecule has 18 heavy (non-hydrogen) atoms. The lowest BCUT2D eigenvalue weighted by Crippen LogP contribution is -2.44. The minimum atomic E-state index is -0.322. The van der Waals surface area contributed by atoms with E-state index in [1.165, 1.54) is 13.5 Å². The number of nitrogens with two attached hydrogens (primary N) is 1. The maximum atomic E-state index is 11.6. The molecule has 1 saturated carbocycles. The smallest absolute Gasteiger partial charge is 0.353 e. The van der Waals surface area contributed by atoms with Crippen molar-refractivity contribution in [2.24, 2.45) is 0 Å². The van der Waals surface area contributed by atoms with Gasteiger partial charge in [0, 0.05) is 0 Å². The number of hydrogen-bond acceptors (Lipinski definition) is 3. The Labute approximate surface area is 105 Å². The zero-order valence-electron chi connectivity index (χ0n) is 10.3. The van der Waals surface area contributed by atoms with Gasteiger partial charge in [0.2, 0.25) is 0 Å². The molecule has 94 valence electrons. The van der Waals surface area contributed by atoms with Crippen molar-refractivity contribution in [3.8, 4) is 0 Å². The highest BCUT2D eigenvalue weighted by molar-refractivity contribution is 5.93. The molecule has 0 unspecified atom stereocenters. The van der Waals surface area contributed by atoms with E-state index in [1.54, 1.807) is 6.07 Å². The van der Waals surface area contributed by atoms with Gasteiger partial charge < -0.3 is 4.74 Å². The number of carbonyl (C=O) groups excluding carboxylic acids is 1. The van der Waals surface area contributed by atoms with Crippen molar-refractivity contribution in [3.63, 3.8) is 0 Å². The summed E-state index contributed by atoms with van der Waals surface area (Å²) >= 11 is 0.